The fraction of sp³-hybridized carbons (Fsp3) is 0.290. The lowest BCUT2D eigenvalue weighted by molar-refractivity contribution is 0.0352. The molecule has 0 unspecified atom stereocenters. The molecule has 0 aliphatic carbocycles. The topological polar surface area (TPSA) is 62.1 Å². The summed E-state index contributed by atoms with van der Waals surface area (Å²) in [7, 11) is 0. The number of hydrogen-bond acceptors (Lipinski definition) is 5. The van der Waals surface area contributed by atoms with Crippen molar-refractivity contribution in [3.8, 4) is 11.3 Å². The number of carbonyl (C=O) groups excluding carboxylic acids is 1. The lowest BCUT2D eigenvalue weighted by atomic mass is 10.1. The molecule has 39 heavy (non-hydrogen) atoms. The van der Waals surface area contributed by atoms with E-state index in [1.165, 1.54) is 10.8 Å². The van der Waals surface area contributed by atoms with E-state index in [2.05, 4.69) is 68.7 Å². The van der Waals surface area contributed by atoms with Crippen molar-refractivity contribution in [2.45, 2.75) is 13.3 Å². The number of morpholine rings is 1. The molecule has 2 amide bonds. The van der Waals surface area contributed by atoms with Crippen LogP contribution in [0.15, 0.2) is 78.3 Å². The van der Waals surface area contributed by atoms with Crippen LogP contribution in [-0.2, 0) is 11.2 Å². The zero-order valence-electron chi connectivity index (χ0n) is 22.2. The summed E-state index contributed by atoms with van der Waals surface area (Å²) in [5, 5.41) is 7.70. The molecule has 6 rings (SSSR count). The number of anilines is 1. The van der Waals surface area contributed by atoms with Crippen LogP contribution in [0.3, 0.4) is 0 Å². The number of fused-ring (bicyclic) bond motifs is 2. The van der Waals surface area contributed by atoms with Gasteiger partial charge in [0.2, 0.25) is 0 Å². The Kier molecular flexibility index (Phi) is 7.58. The number of urea groups is 1. The quantitative estimate of drug-likeness (QED) is 0.265. The number of benzene rings is 3. The minimum absolute atomic E-state index is 0.0668. The third-order valence-corrected chi connectivity index (χ3v) is 8.20. The Morgan fingerprint density at radius 3 is 2.72 bits per heavy atom. The molecule has 5 aromatic rings. The van der Waals surface area contributed by atoms with Gasteiger partial charge in [-0.25, -0.2) is 9.78 Å². The van der Waals surface area contributed by atoms with Crippen LogP contribution in [0.2, 0.25) is 0 Å². The Balaban J connectivity index is 1.18. The van der Waals surface area contributed by atoms with Gasteiger partial charge in [0.05, 0.1) is 18.9 Å². The summed E-state index contributed by atoms with van der Waals surface area (Å²) in [6.45, 7) is 7.47. The van der Waals surface area contributed by atoms with Crippen LogP contribution in [0.25, 0.3) is 27.0 Å². The van der Waals surface area contributed by atoms with E-state index in [1.807, 2.05) is 36.1 Å². The van der Waals surface area contributed by atoms with Crippen molar-refractivity contribution in [3.05, 3.63) is 89.6 Å². The highest BCUT2D eigenvalue weighted by molar-refractivity contribution is 7.15. The highest BCUT2D eigenvalue weighted by atomic mass is 32.1. The molecule has 0 atom stereocenters. The fourth-order valence-corrected chi connectivity index (χ4v) is 5.98. The third-order valence-electron chi connectivity index (χ3n) is 7.31. The molecule has 0 radical (unpaired) electrons. The summed E-state index contributed by atoms with van der Waals surface area (Å²) in [5.41, 5.74) is 5.18. The van der Waals surface area contributed by atoms with Gasteiger partial charge in [0, 0.05) is 67.7 Å². The van der Waals surface area contributed by atoms with Crippen molar-refractivity contribution in [3.63, 3.8) is 0 Å². The van der Waals surface area contributed by atoms with Crippen LogP contribution < -0.4 is 5.32 Å². The van der Waals surface area contributed by atoms with Crippen LogP contribution in [0.4, 0.5) is 10.5 Å². The van der Waals surface area contributed by atoms with Gasteiger partial charge in [0.15, 0.2) is 4.96 Å². The minimum Gasteiger partial charge on any atom is -0.379 e. The largest absolute Gasteiger partial charge is 0.379 e. The van der Waals surface area contributed by atoms with E-state index in [9.17, 15) is 4.79 Å². The van der Waals surface area contributed by atoms with E-state index >= 15 is 0 Å². The Hall–Kier alpha value is -3.72. The number of aromatic nitrogens is 2. The predicted molar refractivity (Wildman–Crippen MR) is 159 cm³/mol. The molecule has 3 aromatic carbocycles. The highest BCUT2D eigenvalue weighted by Gasteiger charge is 2.18. The number of imidazole rings is 1. The molecule has 7 nitrogen and oxygen atoms in total. The van der Waals surface area contributed by atoms with E-state index in [-0.39, 0.29) is 6.03 Å². The first kappa shape index (κ1) is 25.6. The van der Waals surface area contributed by atoms with E-state index in [0.29, 0.717) is 13.1 Å². The third kappa shape index (κ3) is 5.98. The summed E-state index contributed by atoms with van der Waals surface area (Å²) < 4.78 is 7.67. The van der Waals surface area contributed by atoms with Crippen LogP contribution in [0.1, 0.15) is 11.3 Å². The number of nitrogens with one attached hydrogen (secondary N) is 1. The van der Waals surface area contributed by atoms with Crippen molar-refractivity contribution in [1.82, 2.24) is 19.2 Å². The van der Waals surface area contributed by atoms with Gasteiger partial charge in [-0.1, -0.05) is 48.5 Å². The maximum Gasteiger partial charge on any atom is 0.321 e. The summed E-state index contributed by atoms with van der Waals surface area (Å²) >= 11 is 1.64. The molecule has 0 saturated carbocycles. The zero-order chi connectivity index (χ0) is 26.6. The minimum atomic E-state index is -0.0668. The van der Waals surface area contributed by atoms with E-state index in [1.54, 1.807) is 11.3 Å². The van der Waals surface area contributed by atoms with Gasteiger partial charge in [0.25, 0.3) is 0 Å². The zero-order valence-corrected chi connectivity index (χ0v) is 23.0. The standard InChI is InChI=1S/C31H33N5O2S/c1-23-5-4-8-27(19-23)32-30(37)35(14-13-34-15-17-38-18-16-34)12-11-28-22-39-31-33-29(21-36(28)31)26-10-9-24-6-2-3-7-25(24)20-26/h2-10,19-22H,11-18H2,1H3,(H,32,37). The molecule has 1 aliphatic rings. The molecular formula is C31H33N5O2S. The molecule has 8 heteroatoms. The van der Waals surface area contributed by atoms with Crippen molar-refractivity contribution in [1.29, 1.82) is 0 Å². The Bertz CT molecular complexity index is 1590. The number of carbonyl (C=O) groups is 1. The second-order valence-electron chi connectivity index (χ2n) is 10.1. The van der Waals surface area contributed by atoms with Crippen molar-refractivity contribution >= 4 is 38.8 Å². The van der Waals surface area contributed by atoms with Gasteiger partial charge >= 0.3 is 6.03 Å². The monoisotopic (exact) mass is 539 g/mol. The van der Waals surface area contributed by atoms with Gasteiger partial charge in [0.1, 0.15) is 0 Å². The summed E-state index contributed by atoms with van der Waals surface area (Å²) in [4.78, 5) is 23.5. The van der Waals surface area contributed by atoms with E-state index in [0.717, 1.165) is 72.4 Å². The molecule has 200 valence electrons. The number of amides is 2. The maximum atomic E-state index is 13.4. The second-order valence-corrected chi connectivity index (χ2v) is 10.9. The molecule has 0 bridgehead atoms. The lowest BCUT2D eigenvalue weighted by Crippen LogP contribution is -2.45. The van der Waals surface area contributed by atoms with E-state index < -0.39 is 0 Å². The maximum absolute atomic E-state index is 13.4. The molecule has 3 heterocycles. The number of ether oxygens (including phenoxy) is 1. The summed E-state index contributed by atoms with van der Waals surface area (Å²) in [5.74, 6) is 0. The predicted octanol–water partition coefficient (Wildman–Crippen LogP) is 5.93. The Morgan fingerprint density at radius 2 is 1.87 bits per heavy atom. The number of nitrogens with zero attached hydrogens (tertiary/aromatic N) is 4. The van der Waals surface area contributed by atoms with Crippen molar-refractivity contribution < 1.29 is 9.53 Å². The number of rotatable bonds is 8. The van der Waals surface area contributed by atoms with Gasteiger partial charge in [-0.2, -0.15) is 0 Å². The van der Waals surface area contributed by atoms with Gasteiger partial charge in [-0.05, 0) is 41.5 Å². The first-order valence-corrected chi connectivity index (χ1v) is 14.4. The average Bonchev–Trinajstić information content (AvgIpc) is 3.55. The second kappa shape index (κ2) is 11.6. The first-order valence-electron chi connectivity index (χ1n) is 13.5. The average molecular weight is 540 g/mol. The molecule has 1 aliphatic heterocycles. The van der Waals surface area contributed by atoms with Gasteiger partial charge in [-0.3, -0.25) is 9.30 Å². The van der Waals surface area contributed by atoms with Crippen molar-refractivity contribution in [2.75, 3.05) is 51.3 Å². The molecule has 2 aromatic heterocycles. The summed E-state index contributed by atoms with van der Waals surface area (Å²) in [6, 6.07) is 22.7. The first-order chi connectivity index (χ1) is 19.1. The van der Waals surface area contributed by atoms with Crippen LogP contribution in [-0.4, -0.2) is 71.2 Å². The van der Waals surface area contributed by atoms with Crippen LogP contribution in [0.5, 0.6) is 0 Å². The van der Waals surface area contributed by atoms with Crippen LogP contribution >= 0.6 is 11.3 Å². The van der Waals surface area contributed by atoms with Crippen molar-refractivity contribution in [2.24, 2.45) is 0 Å². The van der Waals surface area contributed by atoms with E-state index in [4.69, 9.17) is 9.72 Å². The van der Waals surface area contributed by atoms with Gasteiger partial charge < -0.3 is 15.0 Å². The lowest BCUT2D eigenvalue weighted by Gasteiger charge is -2.30. The molecular weight excluding hydrogens is 506 g/mol. The SMILES string of the molecule is Cc1cccc(NC(=O)N(CCc2csc3nc(-c4ccc5ccccc5c4)cn23)CCN2CCOCC2)c1. The molecule has 0 spiro atoms. The highest BCUT2D eigenvalue weighted by Crippen LogP contribution is 2.27. The molecule has 1 saturated heterocycles. The number of hydrogen-bond donors (Lipinski definition) is 1. The molecule has 1 N–H and O–H groups in total. The number of aryl methyl sites for hydroxylation is 1. The normalized spacial score (nSPS) is 14.2. The Morgan fingerprint density at radius 1 is 1.03 bits per heavy atom. The smallest absolute Gasteiger partial charge is 0.321 e. The fourth-order valence-electron chi connectivity index (χ4n) is 5.07. The van der Waals surface area contributed by atoms with Crippen LogP contribution in [0, 0.1) is 6.92 Å². The summed E-state index contributed by atoms with van der Waals surface area (Å²) in [6.07, 6.45) is 2.87. The number of thiazole rings is 1. The molecule has 1 fully saturated rings. The Labute approximate surface area is 232 Å². The van der Waals surface area contributed by atoms with Gasteiger partial charge in [-0.15, -0.1) is 11.3 Å².